The first-order chi connectivity index (χ1) is 3.81. The topological polar surface area (TPSA) is 64.3 Å². The third-order valence-electron chi connectivity index (χ3n) is 0.560. The minimum absolute atomic E-state index is 0.261. The first-order valence-electron chi connectivity index (χ1n) is 2.06. The summed E-state index contributed by atoms with van der Waals surface area (Å²) in [5.41, 5.74) is 2.33. The van der Waals surface area contributed by atoms with E-state index in [9.17, 15) is 4.79 Å². The van der Waals surface area contributed by atoms with Crippen molar-refractivity contribution in [3.05, 3.63) is 0 Å². The molecule has 0 saturated carbocycles. The summed E-state index contributed by atoms with van der Waals surface area (Å²) in [4.78, 5) is 10.2. The highest BCUT2D eigenvalue weighted by atomic mass is 127. The van der Waals surface area contributed by atoms with Gasteiger partial charge in [-0.05, 0) is 0 Å². The molecule has 0 unspecified atom stereocenters. The molecule has 0 bridgehead atoms. The number of nitrogens with two attached hydrogens (primary N) is 1. The van der Waals surface area contributed by atoms with Gasteiger partial charge in [0, 0.05) is 6.54 Å². The Morgan fingerprint density at radius 3 is 2.88 bits per heavy atom. The molecule has 0 rings (SSSR count). The van der Waals surface area contributed by atoms with Gasteiger partial charge in [0.05, 0.1) is 6.42 Å². The van der Waals surface area contributed by atoms with Crippen molar-refractivity contribution in [1.29, 1.82) is 0 Å². The Labute approximate surface area is 61.4 Å². The van der Waals surface area contributed by atoms with E-state index in [1.165, 1.54) is 23.0 Å². The Balaban J connectivity index is 2.99. The predicted octanol–water partition coefficient (Wildman–Crippen LogP) is -0.267. The maximum Gasteiger partial charge on any atom is 0.316 e. The molecule has 4 nitrogen and oxygen atoms in total. The van der Waals surface area contributed by atoms with E-state index in [2.05, 4.69) is 8.49 Å². The SMILES string of the molecule is NNCCC(=O)OI. The largest absolute Gasteiger partial charge is 0.394 e. The summed E-state index contributed by atoms with van der Waals surface area (Å²) >= 11 is 1.53. The van der Waals surface area contributed by atoms with E-state index in [0.29, 0.717) is 13.0 Å². The summed E-state index contributed by atoms with van der Waals surface area (Å²) in [6.07, 6.45) is 0.319. The van der Waals surface area contributed by atoms with Gasteiger partial charge in [-0.15, -0.1) is 0 Å². The van der Waals surface area contributed by atoms with Gasteiger partial charge in [-0.25, -0.2) is 0 Å². The van der Waals surface area contributed by atoms with E-state index in [4.69, 9.17) is 5.84 Å². The number of carbonyl (C=O) groups excluding carboxylic acids is 1. The third kappa shape index (κ3) is 4.28. The second-order valence-electron chi connectivity index (χ2n) is 1.15. The molecule has 0 aliphatic rings. The van der Waals surface area contributed by atoms with Crippen LogP contribution in [0.15, 0.2) is 0 Å². The molecule has 0 fully saturated rings. The van der Waals surface area contributed by atoms with Crippen LogP contribution >= 0.6 is 23.0 Å². The molecule has 0 heterocycles. The fourth-order valence-corrected chi connectivity index (χ4v) is 0.433. The lowest BCUT2D eigenvalue weighted by Crippen LogP contribution is -2.24. The molecule has 0 aliphatic heterocycles. The van der Waals surface area contributed by atoms with Gasteiger partial charge in [0.15, 0.2) is 23.0 Å². The van der Waals surface area contributed by atoms with Crippen LogP contribution in [0.5, 0.6) is 0 Å². The van der Waals surface area contributed by atoms with Crippen molar-refractivity contribution in [2.45, 2.75) is 6.42 Å². The molecule has 5 heteroatoms. The normalized spacial score (nSPS) is 8.75. The van der Waals surface area contributed by atoms with Crippen LogP contribution in [0.2, 0.25) is 0 Å². The zero-order valence-corrected chi connectivity index (χ0v) is 6.34. The van der Waals surface area contributed by atoms with Crippen LogP contribution in [-0.2, 0) is 7.86 Å². The zero-order valence-electron chi connectivity index (χ0n) is 4.19. The van der Waals surface area contributed by atoms with Gasteiger partial charge >= 0.3 is 5.97 Å². The molecule has 0 radical (unpaired) electrons. The zero-order chi connectivity index (χ0) is 6.41. The minimum Gasteiger partial charge on any atom is -0.394 e. The maximum atomic E-state index is 10.2. The number of halogens is 1. The summed E-state index contributed by atoms with van der Waals surface area (Å²) in [5.74, 6) is 4.61. The second-order valence-corrected chi connectivity index (χ2v) is 1.59. The lowest BCUT2D eigenvalue weighted by molar-refractivity contribution is -0.131. The van der Waals surface area contributed by atoms with Crippen molar-refractivity contribution in [2.75, 3.05) is 6.54 Å². The van der Waals surface area contributed by atoms with E-state index in [-0.39, 0.29) is 5.97 Å². The van der Waals surface area contributed by atoms with Crippen LogP contribution in [0.4, 0.5) is 0 Å². The molecule has 0 spiro atoms. The van der Waals surface area contributed by atoms with Crippen molar-refractivity contribution in [2.24, 2.45) is 5.84 Å². The van der Waals surface area contributed by atoms with Crippen LogP contribution in [0.25, 0.3) is 0 Å². The Bertz CT molecular complexity index is 77.7. The van der Waals surface area contributed by atoms with E-state index < -0.39 is 0 Å². The van der Waals surface area contributed by atoms with Crippen molar-refractivity contribution < 1.29 is 7.86 Å². The lowest BCUT2D eigenvalue weighted by Gasteiger charge is -1.93. The molecule has 8 heavy (non-hydrogen) atoms. The second kappa shape index (κ2) is 5.26. The highest BCUT2D eigenvalue weighted by molar-refractivity contribution is 14.1. The fourth-order valence-electron chi connectivity index (χ4n) is 0.213. The minimum atomic E-state index is -0.261. The lowest BCUT2D eigenvalue weighted by atomic mass is 10.4. The molecule has 0 aliphatic carbocycles. The number of hydrogen-bond donors (Lipinski definition) is 2. The first kappa shape index (κ1) is 8.12. The maximum absolute atomic E-state index is 10.2. The van der Waals surface area contributed by atoms with E-state index in [1.54, 1.807) is 0 Å². The third-order valence-corrected chi connectivity index (χ3v) is 1.05. The van der Waals surface area contributed by atoms with Gasteiger partial charge in [-0.1, -0.05) is 0 Å². The summed E-state index contributed by atoms with van der Waals surface area (Å²) in [6.45, 7) is 0.460. The molecular formula is C3H7IN2O2. The molecule has 0 aromatic heterocycles. The summed E-state index contributed by atoms with van der Waals surface area (Å²) in [5, 5.41) is 0. The highest BCUT2D eigenvalue weighted by Crippen LogP contribution is 1.89. The van der Waals surface area contributed by atoms with Gasteiger partial charge < -0.3 is 3.07 Å². The smallest absolute Gasteiger partial charge is 0.316 e. The van der Waals surface area contributed by atoms with Gasteiger partial charge in [0.25, 0.3) is 0 Å². The molecular weight excluding hydrogens is 223 g/mol. The van der Waals surface area contributed by atoms with Crippen molar-refractivity contribution in [3.63, 3.8) is 0 Å². The van der Waals surface area contributed by atoms with Gasteiger partial charge in [-0.2, -0.15) is 0 Å². The standard InChI is InChI=1S/C3H7IN2O2/c4-8-3(7)1-2-6-5/h6H,1-2,5H2. The van der Waals surface area contributed by atoms with E-state index in [1.807, 2.05) is 0 Å². The average Bonchev–Trinajstić information content (AvgIpc) is 1.83. The van der Waals surface area contributed by atoms with Gasteiger partial charge in [-0.3, -0.25) is 16.1 Å². The Morgan fingerprint density at radius 1 is 1.88 bits per heavy atom. The quantitative estimate of drug-likeness (QED) is 0.398. The highest BCUT2D eigenvalue weighted by Gasteiger charge is 1.96. The number of carbonyl (C=O) groups is 1. The number of hydrazine groups is 1. The molecule has 3 N–H and O–H groups in total. The van der Waals surface area contributed by atoms with Crippen molar-refractivity contribution in [3.8, 4) is 0 Å². The molecule has 0 saturated heterocycles. The Morgan fingerprint density at radius 2 is 2.50 bits per heavy atom. The average molecular weight is 230 g/mol. The number of hydrogen-bond acceptors (Lipinski definition) is 4. The van der Waals surface area contributed by atoms with Crippen LogP contribution in [-0.4, -0.2) is 12.5 Å². The predicted molar refractivity (Wildman–Crippen MR) is 36.9 cm³/mol. The van der Waals surface area contributed by atoms with Crippen LogP contribution in [0.3, 0.4) is 0 Å². The Hall–Kier alpha value is 0.120. The van der Waals surface area contributed by atoms with Crippen LogP contribution < -0.4 is 11.3 Å². The number of rotatable bonds is 3. The first-order valence-corrected chi connectivity index (χ1v) is 2.94. The van der Waals surface area contributed by atoms with Crippen LogP contribution in [0, 0.1) is 0 Å². The van der Waals surface area contributed by atoms with Crippen molar-refractivity contribution >= 4 is 29.0 Å². The molecule has 0 amide bonds. The molecule has 48 valence electrons. The Kier molecular flexibility index (Phi) is 5.34. The monoisotopic (exact) mass is 230 g/mol. The summed E-state index contributed by atoms with van der Waals surface area (Å²) in [7, 11) is 0. The van der Waals surface area contributed by atoms with E-state index in [0.717, 1.165) is 0 Å². The summed E-state index contributed by atoms with van der Waals surface area (Å²) in [6, 6.07) is 0. The molecule has 0 atom stereocenters. The number of nitrogens with one attached hydrogen (secondary N) is 1. The van der Waals surface area contributed by atoms with Gasteiger partial charge in [0.2, 0.25) is 0 Å². The fraction of sp³-hybridized carbons (Fsp3) is 0.667. The van der Waals surface area contributed by atoms with Crippen molar-refractivity contribution in [1.82, 2.24) is 5.43 Å². The van der Waals surface area contributed by atoms with Gasteiger partial charge in [0.1, 0.15) is 0 Å². The molecule has 0 aromatic rings. The molecule has 0 aromatic carbocycles. The van der Waals surface area contributed by atoms with Crippen LogP contribution in [0.1, 0.15) is 6.42 Å². The summed E-state index contributed by atoms with van der Waals surface area (Å²) < 4.78 is 4.29. The van der Waals surface area contributed by atoms with E-state index >= 15 is 0 Å².